The molecule has 0 unspecified atom stereocenters. The Labute approximate surface area is 157 Å². The predicted molar refractivity (Wildman–Crippen MR) is 101 cm³/mol. The molecule has 138 valence electrons. The van der Waals surface area contributed by atoms with Gasteiger partial charge in [0.1, 0.15) is 24.0 Å². The van der Waals surface area contributed by atoms with Crippen molar-refractivity contribution in [3.05, 3.63) is 75.3 Å². The Bertz CT molecular complexity index is 913. The molecular formula is C20H19N3O4. The van der Waals surface area contributed by atoms with Gasteiger partial charge in [-0.15, -0.1) is 0 Å². The average Bonchev–Trinajstić information content (AvgIpc) is 2.64. The number of rotatable bonds is 7. The molecule has 0 aliphatic carbocycles. The lowest BCUT2D eigenvalue weighted by molar-refractivity contribution is -0.384. The minimum absolute atomic E-state index is 0.0126. The lowest BCUT2D eigenvalue weighted by Crippen LogP contribution is -2.30. The largest absolute Gasteiger partial charge is 0.488 e. The zero-order chi connectivity index (χ0) is 19.8. The van der Waals surface area contributed by atoms with Crippen LogP contribution in [0.25, 0.3) is 6.08 Å². The molecule has 0 atom stereocenters. The number of carbonyl (C=O) groups excluding carboxylic acids is 1. The van der Waals surface area contributed by atoms with Crippen LogP contribution < -0.4 is 10.1 Å². The highest BCUT2D eigenvalue weighted by Gasteiger charge is 2.12. The van der Waals surface area contributed by atoms with Crippen LogP contribution in [-0.4, -0.2) is 16.9 Å². The summed E-state index contributed by atoms with van der Waals surface area (Å²) in [5, 5.41) is 22.8. The molecule has 0 saturated carbocycles. The molecular weight excluding hydrogens is 346 g/mol. The molecule has 0 radical (unpaired) electrons. The van der Waals surface area contributed by atoms with Gasteiger partial charge in [0, 0.05) is 23.7 Å². The van der Waals surface area contributed by atoms with Crippen LogP contribution in [0, 0.1) is 21.4 Å². The summed E-state index contributed by atoms with van der Waals surface area (Å²) in [5.41, 5.74) is 1.16. The number of nitrogens with one attached hydrogen (secondary N) is 1. The van der Waals surface area contributed by atoms with Crippen molar-refractivity contribution in [1.82, 2.24) is 5.32 Å². The second-order valence-electron chi connectivity index (χ2n) is 6.05. The van der Waals surface area contributed by atoms with E-state index in [0.29, 0.717) is 16.9 Å². The number of non-ortho nitro benzene ring substituents is 1. The zero-order valence-corrected chi connectivity index (χ0v) is 15.0. The average molecular weight is 365 g/mol. The summed E-state index contributed by atoms with van der Waals surface area (Å²) in [6.45, 7) is 3.73. The fourth-order valence-electron chi connectivity index (χ4n) is 2.30. The standard InChI is InChI=1S/C20H19N3O4/c1-14(2)22-20(24)17(12-21)11-16-7-3-4-9-19(16)27-13-15-6-5-8-18(10-15)23(25)26/h3-11,14H,13H2,1-2H3,(H,22,24)/b17-11-. The monoisotopic (exact) mass is 365 g/mol. The number of nitro benzene ring substituents is 1. The summed E-state index contributed by atoms with van der Waals surface area (Å²) in [7, 11) is 0. The van der Waals surface area contributed by atoms with Crippen molar-refractivity contribution in [2.45, 2.75) is 26.5 Å². The second kappa shape index (κ2) is 9.15. The predicted octanol–water partition coefficient (Wildman–Crippen LogP) is 3.61. The molecule has 0 heterocycles. The summed E-state index contributed by atoms with van der Waals surface area (Å²) in [6, 6.07) is 14.9. The van der Waals surface area contributed by atoms with Gasteiger partial charge in [-0.1, -0.05) is 30.3 Å². The first-order valence-corrected chi connectivity index (χ1v) is 8.28. The molecule has 1 amide bonds. The third-order valence-electron chi connectivity index (χ3n) is 3.52. The molecule has 0 aromatic heterocycles. The lowest BCUT2D eigenvalue weighted by Gasteiger charge is -2.10. The van der Waals surface area contributed by atoms with Gasteiger partial charge in [0.2, 0.25) is 0 Å². The van der Waals surface area contributed by atoms with E-state index in [2.05, 4.69) is 5.32 Å². The van der Waals surface area contributed by atoms with Crippen molar-refractivity contribution >= 4 is 17.7 Å². The normalized spacial score (nSPS) is 11.0. The van der Waals surface area contributed by atoms with E-state index in [9.17, 15) is 20.2 Å². The highest BCUT2D eigenvalue weighted by molar-refractivity contribution is 6.02. The first kappa shape index (κ1) is 19.7. The van der Waals surface area contributed by atoms with Crippen LogP contribution in [0.5, 0.6) is 5.75 Å². The van der Waals surface area contributed by atoms with E-state index in [-0.39, 0.29) is 23.9 Å². The van der Waals surface area contributed by atoms with Gasteiger partial charge >= 0.3 is 0 Å². The van der Waals surface area contributed by atoms with E-state index < -0.39 is 10.8 Å². The van der Waals surface area contributed by atoms with Gasteiger partial charge in [-0.25, -0.2) is 0 Å². The molecule has 2 rings (SSSR count). The maximum absolute atomic E-state index is 12.1. The van der Waals surface area contributed by atoms with Crippen molar-refractivity contribution in [2.24, 2.45) is 0 Å². The van der Waals surface area contributed by atoms with Crippen LogP contribution in [0.15, 0.2) is 54.1 Å². The fourth-order valence-corrected chi connectivity index (χ4v) is 2.30. The number of nitro groups is 1. The molecule has 0 aliphatic rings. The van der Waals surface area contributed by atoms with E-state index in [1.807, 2.05) is 19.9 Å². The molecule has 0 saturated heterocycles. The minimum Gasteiger partial charge on any atom is -0.488 e. The molecule has 0 fully saturated rings. The van der Waals surface area contributed by atoms with Crippen molar-refractivity contribution < 1.29 is 14.5 Å². The van der Waals surface area contributed by atoms with Crippen LogP contribution in [-0.2, 0) is 11.4 Å². The molecule has 0 spiro atoms. The number of hydrogen-bond acceptors (Lipinski definition) is 5. The van der Waals surface area contributed by atoms with E-state index in [4.69, 9.17) is 4.74 Å². The molecule has 7 nitrogen and oxygen atoms in total. The van der Waals surface area contributed by atoms with Gasteiger partial charge in [-0.3, -0.25) is 14.9 Å². The Morgan fingerprint density at radius 3 is 2.70 bits per heavy atom. The summed E-state index contributed by atoms with van der Waals surface area (Å²) < 4.78 is 5.76. The van der Waals surface area contributed by atoms with Gasteiger partial charge in [-0.05, 0) is 31.6 Å². The number of nitrogens with zero attached hydrogens (tertiary/aromatic N) is 2. The molecule has 0 aliphatic heterocycles. The molecule has 2 aromatic carbocycles. The Balaban J connectivity index is 2.21. The number of ether oxygens (including phenoxy) is 1. The van der Waals surface area contributed by atoms with Crippen LogP contribution in [0.1, 0.15) is 25.0 Å². The molecule has 2 aromatic rings. The van der Waals surface area contributed by atoms with E-state index in [1.54, 1.807) is 36.4 Å². The number of nitriles is 1. The molecule has 0 bridgehead atoms. The highest BCUT2D eigenvalue weighted by Crippen LogP contribution is 2.23. The van der Waals surface area contributed by atoms with Gasteiger partial charge in [0.15, 0.2) is 0 Å². The van der Waals surface area contributed by atoms with Gasteiger partial charge < -0.3 is 10.1 Å². The fraction of sp³-hybridized carbons (Fsp3) is 0.200. The first-order chi connectivity index (χ1) is 12.9. The number of amides is 1. The Hall–Kier alpha value is -3.66. The zero-order valence-electron chi connectivity index (χ0n) is 15.0. The van der Waals surface area contributed by atoms with Crippen molar-refractivity contribution in [2.75, 3.05) is 0 Å². The van der Waals surface area contributed by atoms with E-state index >= 15 is 0 Å². The number of para-hydroxylation sites is 1. The highest BCUT2D eigenvalue weighted by atomic mass is 16.6. The van der Waals surface area contributed by atoms with Gasteiger partial charge in [-0.2, -0.15) is 5.26 Å². The van der Waals surface area contributed by atoms with Crippen molar-refractivity contribution in [1.29, 1.82) is 5.26 Å². The minimum atomic E-state index is -0.466. The Kier molecular flexibility index (Phi) is 6.67. The maximum atomic E-state index is 12.1. The van der Waals surface area contributed by atoms with Gasteiger partial charge in [0.05, 0.1) is 4.92 Å². The molecule has 1 N–H and O–H groups in total. The van der Waals surface area contributed by atoms with Crippen molar-refractivity contribution in [3.8, 4) is 11.8 Å². The van der Waals surface area contributed by atoms with Crippen LogP contribution in [0.3, 0.4) is 0 Å². The third kappa shape index (κ3) is 5.68. The summed E-state index contributed by atoms with van der Waals surface area (Å²) >= 11 is 0. The Morgan fingerprint density at radius 2 is 2.04 bits per heavy atom. The summed E-state index contributed by atoms with van der Waals surface area (Å²) in [5.74, 6) is 0.00934. The van der Waals surface area contributed by atoms with E-state index in [1.165, 1.54) is 18.2 Å². The van der Waals surface area contributed by atoms with E-state index in [0.717, 1.165) is 0 Å². The summed E-state index contributed by atoms with van der Waals surface area (Å²) in [6.07, 6.45) is 1.46. The van der Waals surface area contributed by atoms with Crippen LogP contribution >= 0.6 is 0 Å². The molecule has 27 heavy (non-hydrogen) atoms. The Morgan fingerprint density at radius 1 is 1.30 bits per heavy atom. The van der Waals surface area contributed by atoms with Crippen LogP contribution in [0.4, 0.5) is 5.69 Å². The lowest BCUT2D eigenvalue weighted by atomic mass is 10.1. The SMILES string of the molecule is CC(C)NC(=O)/C(C#N)=C\c1ccccc1OCc1cccc([N+](=O)[O-])c1. The smallest absolute Gasteiger partial charge is 0.269 e. The third-order valence-corrected chi connectivity index (χ3v) is 3.52. The maximum Gasteiger partial charge on any atom is 0.269 e. The number of benzene rings is 2. The topological polar surface area (TPSA) is 105 Å². The van der Waals surface area contributed by atoms with Crippen molar-refractivity contribution in [3.63, 3.8) is 0 Å². The quantitative estimate of drug-likeness (QED) is 0.349. The number of carbonyl (C=O) groups is 1. The molecule has 7 heteroatoms. The number of hydrogen-bond donors (Lipinski definition) is 1. The van der Waals surface area contributed by atoms with Crippen LogP contribution in [0.2, 0.25) is 0 Å². The summed E-state index contributed by atoms with van der Waals surface area (Å²) in [4.78, 5) is 22.5. The second-order valence-corrected chi connectivity index (χ2v) is 6.05. The first-order valence-electron chi connectivity index (χ1n) is 8.28. The van der Waals surface area contributed by atoms with Gasteiger partial charge in [0.25, 0.3) is 11.6 Å².